The molecule has 2 aromatic rings. The van der Waals surface area contributed by atoms with E-state index in [-0.39, 0.29) is 0 Å². The zero-order valence-corrected chi connectivity index (χ0v) is 10.4. The minimum Gasteiger partial charge on any atom is -0.337 e. The highest BCUT2D eigenvalue weighted by atomic mass is 32.1. The van der Waals surface area contributed by atoms with Crippen LogP contribution in [0.4, 0.5) is 0 Å². The first-order chi connectivity index (χ1) is 7.16. The molecule has 1 N–H and O–H groups in total. The summed E-state index contributed by atoms with van der Waals surface area (Å²) in [6.07, 6.45) is 2.89. The molecule has 0 spiro atoms. The second kappa shape index (κ2) is 4.28. The number of thiazole rings is 1. The number of imidazole rings is 1. The average molecular weight is 239 g/mol. The number of aromatic amines is 1. The number of nitrogens with zero attached hydrogens (tertiary/aromatic N) is 2. The Morgan fingerprint density at radius 1 is 1.53 bits per heavy atom. The molecule has 0 saturated carbocycles. The van der Waals surface area contributed by atoms with Crippen molar-refractivity contribution in [3.8, 4) is 0 Å². The Morgan fingerprint density at radius 2 is 2.33 bits per heavy atom. The van der Waals surface area contributed by atoms with Gasteiger partial charge in [0.2, 0.25) is 0 Å². The molecule has 0 fully saturated rings. The summed E-state index contributed by atoms with van der Waals surface area (Å²) in [6, 6.07) is 0. The Hall–Kier alpha value is -0.940. The first-order valence-electron chi connectivity index (χ1n) is 4.82. The van der Waals surface area contributed by atoms with Gasteiger partial charge < -0.3 is 9.55 Å². The third-order valence-electron chi connectivity index (χ3n) is 2.29. The number of hydrogen-bond donors (Lipinski definition) is 1. The molecule has 0 aromatic carbocycles. The van der Waals surface area contributed by atoms with E-state index >= 15 is 0 Å². The van der Waals surface area contributed by atoms with Crippen molar-refractivity contribution in [2.75, 3.05) is 0 Å². The zero-order chi connectivity index (χ0) is 10.8. The fourth-order valence-electron chi connectivity index (χ4n) is 1.49. The van der Waals surface area contributed by atoms with E-state index in [2.05, 4.69) is 26.8 Å². The van der Waals surface area contributed by atoms with E-state index < -0.39 is 0 Å². The first-order valence-corrected chi connectivity index (χ1v) is 6.11. The lowest BCUT2D eigenvalue weighted by Gasteiger charge is -2.02. The summed E-state index contributed by atoms with van der Waals surface area (Å²) in [5, 5.41) is 3.26. The molecule has 0 amide bonds. The van der Waals surface area contributed by atoms with Gasteiger partial charge in [0.05, 0.1) is 5.01 Å². The van der Waals surface area contributed by atoms with Gasteiger partial charge in [0, 0.05) is 35.9 Å². The Morgan fingerprint density at radius 3 is 2.87 bits per heavy atom. The Kier molecular flexibility index (Phi) is 3.02. The molecule has 0 atom stereocenters. The number of aromatic nitrogens is 3. The van der Waals surface area contributed by atoms with Gasteiger partial charge in [-0.1, -0.05) is 0 Å². The molecule has 0 unspecified atom stereocenters. The van der Waals surface area contributed by atoms with E-state index in [1.165, 1.54) is 10.7 Å². The van der Waals surface area contributed by atoms with Crippen LogP contribution in [0.1, 0.15) is 16.4 Å². The van der Waals surface area contributed by atoms with E-state index in [1.807, 2.05) is 13.1 Å². The van der Waals surface area contributed by atoms with Gasteiger partial charge in [0.1, 0.15) is 0 Å². The third-order valence-corrected chi connectivity index (χ3v) is 3.66. The second-order valence-electron chi connectivity index (χ2n) is 3.52. The molecular weight excluding hydrogens is 226 g/mol. The average Bonchev–Trinajstić information content (AvgIpc) is 2.73. The van der Waals surface area contributed by atoms with E-state index in [4.69, 9.17) is 12.2 Å². The molecule has 0 aliphatic rings. The number of aryl methyl sites for hydroxylation is 3. The number of nitrogens with one attached hydrogen (secondary N) is 1. The molecule has 2 heterocycles. The van der Waals surface area contributed by atoms with Crippen molar-refractivity contribution >= 4 is 23.6 Å². The summed E-state index contributed by atoms with van der Waals surface area (Å²) in [4.78, 5) is 7.47. The smallest absolute Gasteiger partial charge is 0.177 e. The topological polar surface area (TPSA) is 33.6 Å². The van der Waals surface area contributed by atoms with Crippen molar-refractivity contribution in [3.63, 3.8) is 0 Å². The largest absolute Gasteiger partial charge is 0.337 e. The Labute approximate surface area is 97.8 Å². The molecule has 3 nitrogen and oxygen atoms in total. The maximum Gasteiger partial charge on any atom is 0.177 e. The van der Waals surface area contributed by atoms with Crippen LogP contribution in [-0.2, 0) is 13.0 Å². The van der Waals surface area contributed by atoms with E-state index in [1.54, 1.807) is 11.3 Å². The van der Waals surface area contributed by atoms with Crippen molar-refractivity contribution in [3.05, 3.63) is 32.7 Å². The standard InChI is InChI=1S/C10H13N3S2/c1-7-6-15-9(12-7)3-4-13-8(2)5-11-10(13)14/h5-6H,3-4H2,1-2H3,(H,11,14). The first kappa shape index (κ1) is 10.6. The van der Waals surface area contributed by atoms with Gasteiger partial charge in [-0.15, -0.1) is 11.3 Å². The fourth-order valence-corrected chi connectivity index (χ4v) is 2.54. The molecule has 0 aliphatic carbocycles. The van der Waals surface area contributed by atoms with Crippen LogP contribution in [0.25, 0.3) is 0 Å². The Bertz CT molecular complexity index is 507. The van der Waals surface area contributed by atoms with Crippen molar-refractivity contribution < 1.29 is 0 Å². The summed E-state index contributed by atoms with van der Waals surface area (Å²) in [6.45, 7) is 4.98. The summed E-state index contributed by atoms with van der Waals surface area (Å²) in [5.74, 6) is 0. The predicted octanol–water partition coefficient (Wildman–Crippen LogP) is 2.86. The van der Waals surface area contributed by atoms with Crippen LogP contribution in [0.2, 0.25) is 0 Å². The van der Waals surface area contributed by atoms with Crippen LogP contribution in [0.5, 0.6) is 0 Å². The van der Waals surface area contributed by atoms with Gasteiger partial charge in [0.15, 0.2) is 4.77 Å². The van der Waals surface area contributed by atoms with Crippen LogP contribution in [0.15, 0.2) is 11.6 Å². The van der Waals surface area contributed by atoms with Crippen LogP contribution < -0.4 is 0 Å². The zero-order valence-electron chi connectivity index (χ0n) is 8.78. The molecule has 2 rings (SSSR count). The van der Waals surface area contributed by atoms with Crippen LogP contribution >= 0.6 is 23.6 Å². The number of rotatable bonds is 3. The number of hydrogen-bond acceptors (Lipinski definition) is 3. The molecule has 0 bridgehead atoms. The lowest BCUT2D eigenvalue weighted by molar-refractivity contribution is 0.666. The third kappa shape index (κ3) is 2.35. The normalized spacial score (nSPS) is 10.8. The molecule has 80 valence electrons. The van der Waals surface area contributed by atoms with Crippen molar-refractivity contribution in [1.29, 1.82) is 0 Å². The number of H-pyrrole nitrogens is 1. The summed E-state index contributed by atoms with van der Waals surface area (Å²) in [7, 11) is 0. The van der Waals surface area contributed by atoms with Crippen LogP contribution in [-0.4, -0.2) is 14.5 Å². The maximum atomic E-state index is 5.18. The quantitative estimate of drug-likeness (QED) is 0.836. The second-order valence-corrected chi connectivity index (χ2v) is 4.85. The molecule has 2 aromatic heterocycles. The Balaban J connectivity index is 2.08. The van der Waals surface area contributed by atoms with E-state index in [0.29, 0.717) is 0 Å². The highest BCUT2D eigenvalue weighted by molar-refractivity contribution is 7.71. The SMILES string of the molecule is Cc1csc(CCn2c(C)c[nH]c2=S)n1. The molecule has 0 radical (unpaired) electrons. The van der Waals surface area contributed by atoms with Gasteiger partial charge in [-0.3, -0.25) is 0 Å². The molecule has 0 saturated heterocycles. The van der Waals surface area contributed by atoms with Gasteiger partial charge >= 0.3 is 0 Å². The minimum atomic E-state index is 0.792. The van der Waals surface area contributed by atoms with E-state index in [0.717, 1.165) is 23.4 Å². The van der Waals surface area contributed by atoms with Gasteiger partial charge in [0.25, 0.3) is 0 Å². The maximum absolute atomic E-state index is 5.18. The monoisotopic (exact) mass is 239 g/mol. The van der Waals surface area contributed by atoms with Crippen LogP contribution in [0.3, 0.4) is 0 Å². The highest BCUT2D eigenvalue weighted by Crippen LogP contribution is 2.11. The minimum absolute atomic E-state index is 0.792. The van der Waals surface area contributed by atoms with Crippen molar-refractivity contribution in [2.45, 2.75) is 26.8 Å². The summed E-state index contributed by atoms with van der Waals surface area (Å²) < 4.78 is 2.90. The summed E-state index contributed by atoms with van der Waals surface area (Å²) in [5.41, 5.74) is 2.28. The lowest BCUT2D eigenvalue weighted by Crippen LogP contribution is -2.03. The van der Waals surface area contributed by atoms with Gasteiger partial charge in [-0.25, -0.2) is 4.98 Å². The molecular formula is C10H13N3S2. The molecule has 0 aliphatic heterocycles. The lowest BCUT2D eigenvalue weighted by atomic mass is 10.4. The van der Waals surface area contributed by atoms with Crippen LogP contribution in [0, 0.1) is 18.6 Å². The van der Waals surface area contributed by atoms with Crippen molar-refractivity contribution in [1.82, 2.24) is 14.5 Å². The summed E-state index contributed by atoms with van der Waals surface area (Å²) >= 11 is 6.90. The highest BCUT2D eigenvalue weighted by Gasteiger charge is 2.02. The van der Waals surface area contributed by atoms with Gasteiger partial charge in [-0.05, 0) is 26.1 Å². The molecule has 15 heavy (non-hydrogen) atoms. The van der Waals surface area contributed by atoms with Gasteiger partial charge in [-0.2, -0.15) is 0 Å². The molecule has 5 heteroatoms. The van der Waals surface area contributed by atoms with Crippen molar-refractivity contribution in [2.24, 2.45) is 0 Å². The van der Waals surface area contributed by atoms with E-state index in [9.17, 15) is 0 Å². The predicted molar refractivity (Wildman–Crippen MR) is 64.9 cm³/mol. The fraction of sp³-hybridized carbons (Fsp3) is 0.400.